The molecule has 0 bridgehead atoms. The zero-order valence-corrected chi connectivity index (χ0v) is 29.6. The largest absolute Gasteiger partial charge is 0.480 e. The van der Waals surface area contributed by atoms with Crippen LogP contribution in [0.1, 0.15) is 111 Å². The van der Waals surface area contributed by atoms with Crippen molar-refractivity contribution in [2.75, 3.05) is 0 Å². The van der Waals surface area contributed by atoms with Crippen LogP contribution in [0.15, 0.2) is 42.6 Å². The van der Waals surface area contributed by atoms with Crippen LogP contribution in [-0.4, -0.2) is 39.2 Å². The summed E-state index contributed by atoms with van der Waals surface area (Å²) < 4.78 is 0. The molecule has 256 valence electrons. The van der Waals surface area contributed by atoms with Gasteiger partial charge in [-0.3, -0.25) is 4.79 Å². The molecule has 5 aliphatic carbocycles. The highest BCUT2D eigenvalue weighted by atomic mass is 16.4. The molecule has 0 spiro atoms. The average Bonchev–Trinajstić information content (AvgIpc) is 3.62. The zero-order valence-electron chi connectivity index (χ0n) is 29.6. The normalized spacial score (nSPS) is 42.8. The molecule has 5 saturated carbocycles. The Kier molecular flexibility index (Phi) is 7.67. The molecule has 47 heavy (non-hydrogen) atoms. The van der Waals surface area contributed by atoms with Gasteiger partial charge in [-0.05, 0) is 134 Å². The first-order valence-corrected chi connectivity index (χ1v) is 18.5. The van der Waals surface area contributed by atoms with Crippen molar-refractivity contribution in [3.8, 4) is 0 Å². The summed E-state index contributed by atoms with van der Waals surface area (Å²) >= 11 is 0. The molecule has 6 nitrogen and oxygen atoms in total. The van der Waals surface area contributed by atoms with Gasteiger partial charge >= 0.3 is 5.97 Å². The van der Waals surface area contributed by atoms with E-state index in [0.717, 1.165) is 67.8 Å². The van der Waals surface area contributed by atoms with Crippen molar-refractivity contribution < 1.29 is 19.8 Å². The van der Waals surface area contributed by atoms with Crippen LogP contribution in [-0.2, 0) is 16.0 Å². The lowest BCUT2D eigenvalue weighted by Gasteiger charge is -2.72. The van der Waals surface area contributed by atoms with Gasteiger partial charge in [-0.1, -0.05) is 65.0 Å². The summed E-state index contributed by atoms with van der Waals surface area (Å²) in [5.41, 5.74) is 2.88. The molecule has 1 aromatic carbocycles. The van der Waals surface area contributed by atoms with Gasteiger partial charge in [0.1, 0.15) is 6.04 Å². The van der Waals surface area contributed by atoms with Crippen molar-refractivity contribution in [3.05, 3.63) is 48.2 Å². The molecule has 1 heterocycles. The fraction of sp³-hybridized carbons (Fsp3) is 0.707. The van der Waals surface area contributed by atoms with E-state index in [1.807, 2.05) is 30.5 Å². The van der Waals surface area contributed by atoms with E-state index in [9.17, 15) is 19.8 Å². The summed E-state index contributed by atoms with van der Waals surface area (Å²) in [6.07, 6.45) is 12.1. The number of aliphatic hydroxyl groups is 1. The van der Waals surface area contributed by atoms with Gasteiger partial charge in [-0.2, -0.15) is 0 Å². The minimum Gasteiger partial charge on any atom is -0.480 e. The second kappa shape index (κ2) is 11.0. The molecule has 1 aromatic heterocycles. The number of para-hydroxylation sites is 1. The number of carbonyl (C=O) groups excluding carboxylic acids is 1. The maximum Gasteiger partial charge on any atom is 0.326 e. The van der Waals surface area contributed by atoms with Crippen molar-refractivity contribution in [3.63, 3.8) is 0 Å². The average molecular weight is 643 g/mol. The van der Waals surface area contributed by atoms with Crippen molar-refractivity contribution in [2.24, 2.45) is 56.7 Å². The maximum absolute atomic E-state index is 14.7. The van der Waals surface area contributed by atoms with Gasteiger partial charge in [0.15, 0.2) is 0 Å². The molecule has 11 atom stereocenters. The SMILES string of the molecule is C=C(C)[C@@H]1CC[C@]2(C(=O)N[C@@H](Cc3c[nH]c4ccccc34)C(=O)O)CC[C@]3(C)[C@H](CC[C@@H]4[C@@]5(C)CC[C@H](O)C(C)(C)[C@@H]5CC[C@]43C)[C@@H]12. The molecule has 7 rings (SSSR count). The van der Waals surface area contributed by atoms with Gasteiger partial charge in [-0.15, -0.1) is 0 Å². The monoisotopic (exact) mass is 642 g/mol. The highest BCUT2D eigenvalue weighted by molar-refractivity contribution is 5.89. The lowest BCUT2D eigenvalue weighted by Crippen LogP contribution is -2.67. The number of benzene rings is 1. The maximum atomic E-state index is 14.7. The number of rotatable bonds is 6. The summed E-state index contributed by atoms with van der Waals surface area (Å²) in [4.78, 5) is 30.7. The Morgan fingerprint density at radius 1 is 0.936 bits per heavy atom. The molecule has 0 unspecified atom stereocenters. The number of aromatic amines is 1. The summed E-state index contributed by atoms with van der Waals surface area (Å²) in [6, 6.07) is 6.95. The molecule has 5 aliphatic rings. The second-order valence-corrected chi connectivity index (χ2v) is 18.1. The molecule has 5 fully saturated rings. The van der Waals surface area contributed by atoms with Gasteiger partial charge < -0.3 is 20.5 Å². The van der Waals surface area contributed by atoms with E-state index < -0.39 is 17.4 Å². The van der Waals surface area contributed by atoms with Crippen LogP contribution >= 0.6 is 0 Å². The summed E-state index contributed by atoms with van der Waals surface area (Å²) in [5, 5.41) is 25.6. The Bertz CT molecular complexity index is 1590. The Hall–Kier alpha value is -2.60. The van der Waals surface area contributed by atoms with Crippen LogP contribution in [0.4, 0.5) is 0 Å². The fourth-order valence-corrected chi connectivity index (χ4v) is 13.5. The van der Waals surface area contributed by atoms with E-state index in [0.29, 0.717) is 17.8 Å². The van der Waals surface area contributed by atoms with Crippen molar-refractivity contribution in [1.82, 2.24) is 10.3 Å². The second-order valence-electron chi connectivity index (χ2n) is 18.1. The van der Waals surface area contributed by atoms with Crippen LogP contribution in [0, 0.1) is 56.7 Å². The molecular formula is C41H58N2O4. The lowest BCUT2D eigenvalue weighted by molar-refractivity contribution is -0.246. The number of nitrogens with one attached hydrogen (secondary N) is 2. The van der Waals surface area contributed by atoms with E-state index in [1.165, 1.54) is 18.4 Å². The number of aliphatic hydroxyl groups excluding tert-OH is 1. The molecule has 6 heteroatoms. The zero-order chi connectivity index (χ0) is 33.7. The number of hydrogen-bond donors (Lipinski definition) is 4. The van der Waals surface area contributed by atoms with Crippen molar-refractivity contribution in [2.45, 2.75) is 124 Å². The van der Waals surface area contributed by atoms with E-state index >= 15 is 0 Å². The Morgan fingerprint density at radius 3 is 2.40 bits per heavy atom. The number of amides is 1. The van der Waals surface area contributed by atoms with Gasteiger partial charge in [0.25, 0.3) is 0 Å². The van der Waals surface area contributed by atoms with Gasteiger partial charge in [0, 0.05) is 23.5 Å². The molecule has 1 amide bonds. The smallest absolute Gasteiger partial charge is 0.326 e. The fourth-order valence-electron chi connectivity index (χ4n) is 13.5. The van der Waals surface area contributed by atoms with Crippen LogP contribution < -0.4 is 5.32 Å². The van der Waals surface area contributed by atoms with Crippen molar-refractivity contribution in [1.29, 1.82) is 0 Å². The summed E-state index contributed by atoms with van der Waals surface area (Å²) in [6.45, 7) is 19.0. The van der Waals surface area contributed by atoms with Gasteiger partial charge in [-0.25, -0.2) is 4.79 Å². The molecule has 0 aliphatic heterocycles. The number of aliphatic carboxylic acids is 1. The van der Waals surface area contributed by atoms with Gasteiger partial charge in [0.05, 0.1) is 11.5 Å². The topological polar surface area (TPSA) is 102 Å². The van der Waals surface area contributed by atoms with Crippen LogP contribution in [0.3, 0.4) is 0 Å². The highest BCUT2D eigenvalue weighted by Gasteiger charge is 2.72. The first-order valence-electron chi connectivity index (χ1n) is 18.5. The predicted molar refractivity (Wildman–Crippen MR) is 187 cm³/mol. The lowest BCUT2D eigenvalue weighted by atomic mass is 9.32. The molecular weight excluding hydrogens is 584 g/mol. The van der Waals surface area contributed by atoms with Crippen LogP contribution in [0.25, 0.3) is 10.9 Å². The minimum atomic E-state index is -0.984. The molecule has 2 aromatic rings. The van der Waals surface area contributed by atoms with E-state index in [4.69, 9.17) is 0 Å². The number of carboxylic acid groups (broad SMARTS) is 1. The van der Waals surface area contributed by atoms with E-state index in [2.05, 4.69) is 58.4 Å². The molecule has 0 saturated heterocycles. The number of aromatic nitrogens is 1. The third-order valence-corrected chi connectivity index (χ3v) is 16.2. The Balaban J connectivity index is 1.20. The van der Waals surface area contributed by atoms with Crippen LogP contribution in [0.2, 0.25) is 0 Å². The standard InChI is InChI=1S/C41H58N2O4/c1-24(2)26-14-19-41(36(47)43-30(35(45)46)22-25-23-42-29-11-9-8-10-27(25)29)21-20-39(6)28(34(26)41)12-13-32-38(5)17-16-33(44)37(3,4)31(38)15-18-40(32,39)7/h8-11,23,26,28,30-34,42,44H,1,12-22H2,2-7H3,(H,43,47)(H,45,46)/t26-,28+,30-,31-,32+,33-,34+,38-,39+,40+,41-/m0/s1. The molecule has 0 radical (unpaired) electrons. The van der Waals surface area contributed by atoms with E-state index in [1.54, 1.807) is 0 Å². The van der Waals surface area contributed by atoms with E-state index in [-0.39, 0.29) is 51.9 Å². The number of carbonyl (C=O) groups is 2. The molecule has 4 N–H and O–H groups in total. The number of hydrogen-bond acceptors (Lipinski definition) is 3. The van der Waals surface area contributed by atoms with Crippen molar-refractivity contribution >= 4 is 22.8 Å². The minimum absolute atomic E-state index is 0.0495. The number of H-pyrrole nitrogens is 1. The summed E-state index contributed by atoms with van der Waals surface area (Å²) in [7, 11) is 0. The van der Waals surface area contributed by atoms with Gasteiger partial charge in [0.2, 0.25) is 5.91 Å². The highest BCUT2D eigenvalue weighted by Crippen LogP contribution is 2.77. The van der Waals surface area contributed by atoms with Crippen LogP contribution in [0.5, 0.6) is 0 Å². The quantitative estimate of drug-likeness (QED) is 0.238. The number of fused-ring (bicyclic) bond motifs is 8. The third kappa shape index (κ3) is 4.51. The predicted octanol–water partition coefficient (Wildman–Crippen LogP) is 8.30. The third-order valence-electron chi connectivity index (χ3n) is 16.2. The first kappa shape index (κ1) is 32.9. The Morgan fingerprint density at radius 2 is 1.68 bits per heavy atom. The first-order chi connectivity index (χ1) is 22.1. The Labute approximate surface area is 281 Å². The number of carboxylic acids is 1. The number of allylic oxidation sites excluding steroid dienone is 1. The summed E-state index contributed by atoms with van der Waals surface area (Å²) in [5.74, 6) is 0.932.